The topological polar surface area (TPSA) is 39.8 Å². The summed E-state index contributed by atoms with van der Waals surface area (Å²) in [5.74, 6) is 3.25. The highest BCUT2D eigenvalue weighted by Crippen LogP contribution is 2.67. The van der Waals surface area contributed by atoms with Gasteiger partial charge in [0.1, 0.15) is 5.69 Å². The summed E-state index contributed by atoms with van der Waals surface area (Å²) in [6.45, 7) is 14.1. The number of aromatic nitrogens is 2. The van der Waals surface area contributed by atoms with Crippen molar-refractivity contribution in [3.63, 3.8) is 0 Å². The van der Waals surface area contributed by atoms with Crippen LogP contribution in [0.5, 0.6) is 0 Å². The normalized spacial score (nSPS) is 37.0. The molecule has 6 aliphatic rings. The van der Waals surface area contributed by atoms with Crippen molar-refractivity contribution >= 4 is 0 Å². The molecule has 8 rings (SSSR count). The van der Waals surface area contributed by atoms with Crippen LogP contribution in [-0.4, -0.2) is 4.98 Å². The molecule has 0 radical (unpaired) electrons. The quantitative estimate of drug-likeness (QED) is 0.452. The molecule has 0 amide bonds. The van der Waals surface area contributed by atoms with Crippen molar-refractivity contribution in [2.24, 2.45) is 22.7 Å². The lowest BCUT2D eigenvalue weighted by molar-refractivity contribution is -0.607. The molecule has 152 valence electrons. The molecule has 2 fully saturated rings. The van der Waals surface area contributed by atoms with E-state index in [1.807, 2.05) is 6.07 Å². The van der Waals surface area contributed by atoms with E-state index in [-0.39, 0.29) is 0 Å². The van der Waals surface area contributed by atoms with Crippen LogP contribution in [0, 0.1) is 27.9 Å². The van der Waals surface area contributed by atoms with Crippen molar-refractivity contribution in [2.45, 2.75) is 78.1 Å². The van der Waals surface area contributed by atoms with Crippen molar-refractivity contribution in [2.75, 3.05) is 0 Å². The molecule has 2 aromatic heterocycles. The van der Waals surface area contributed by atoms with E-state index in [0.717, 1.165) is 17.1 Å². The Kier molecular flexibility index (Phi) is 3.23. The van der Waals surface area contributed by atoms with Gasteiger partial charge in [0.05, 0.1) is 0 Å². The van der Waals surface area contributed by atoms with E-state index in [4.69, 9.17) is 4.98 Å². The van der Waals surface area contributed by atoms with Crippen LogP contribution >= 0.6 is 0 Å². The monoisotopic (exact) mass is 388 g/mol. The zero-order chi connectivity index (χ0) is 20.5. The molecule has 3 heteroatoms. The second kappa shape index (κ2) is 5.22. The van der Waals surface area contributed by atoms with Crippen molar-refractivity contribution in [3.8, 4) is 11.4 Å². The van der Waals surface area contributed by atoms with Gasteiger partial charge in [-0.2, -0.15) is 4.73 Å². The summed E-state index contributed by atoms with van der Waals surface area (Å²) >= 11 is 0. The molecule has 2 saturated carbocycles. The third-order valence-electron chi connectivity index (χ3n) is 9.88. The molecule has 0 unspecified atom stereocenters. The third kappa shape index (κ3) is 1.95. The van der Waals surface area contributed by atoms with Gasteiger partial charge in [-0.1, -0.05) is 47.6 Å². The smallest absolute Gasteiger partial charge is 0.242 e. The second-order valence-corrected chi connectivity index (χ2v) is 11.5. The Bertz CT molecular complexity index is 1050. The molecule has 0 saturated heterocycles. The Morgan fingerprint density at radius 1 is 0.862 bits per heavy atom. The van der Waals surface area contributed by atoms with Gasteiger partial charge in [-0.3, -0.25) is 0 Å². The molecule has 0 aromatic carbocycles. The number of nitrogens with zero attached hydrogens (tertiary/aromatic N) is 2. The number of rotatable bonds is 1. The summed E-state index contributed by atoms with van der Waals surface area (Å²) in [6.07, 6.45) is 2.52. The van der Waals surface area contributed by atoms with Crippen LogP contribution < -0.4 is 4.73 Å². The van der Waals surface area contributed by atoms with Crippen molar-refractivity contribution < 1.29 is 4.73 Å². The largest absolute Gasteiger partial charge is 0.618 e. The van der Waals surface area contributed by atoms with Crippen LogP contribution in [0.1, 0.15) is 101 Å². The standard InChI is InChI=1S/C26H32N2O/c1-13-17-11-19(25(17,3)4)15-7-9-21(27-23(13)15)22-10-8-16-20-12-18(26(20,5)6)14(2)24(16)28(22)29/h7-10,13-14,17-20H,11-12H2,1-6H3/t13-,14-,17+,18+,19-,20-/m1/s1. The minimum absolute atomic E-state index is 0.312. The second-order valence-electron chi connectivity index (χ2n) is 11.5. The molecule has 3 nitrogen and oxygen atoms in total. The number of hydrogen-bond acceptors (Lipinski definition) is 2. The molecular weight excluding hydrogens is 356 g/mol. The summed E-state index contributed by atoms with van der Waals surface area (Å²) in [4.78, 5) is 5.08. The molecule has 0 spiro atoms. The van der Waals surface area contributed by atoms with Crippen molar-refractivity contribution in [1.29, 1.82) is 0 Å². The maximum Gasteiger partial charge on any atom is 0.242 e. The van der Waals surface area contributed by atoms with E-state index < -0.39 is 0 Å². The maximum absolute atomic E-state index is 13.5. The molecule has 6 aliphatic carbocycles. The van der Waals surface area contributed by atoms with E-state index in [1.54, 1.807) is 0 Å². The molecule has 0 N–H and O–H groups in total. The SMILES string of the molecule is C[C@H]1c2nc(-c3ccc4c([n+]3[O-])[C@H](C)[C@@H]3C[C@H]4C3(C)C)ccc2[C@H]2C[C@@H]1C2(C)C. The summed E-state index contributed by atoms with van der Waals surface area (Å²) in [7, 11) is 0. The van der Waals surface area contributed by atoms with Crippen LogP contribution in [0.4, 0.5) is 0 Å². The highest BCUT2D eigenvalue weighted by molar-refractivity contribution is 5.55. The minimum Gasteiger partial charge on any atom is -0.618 e. The van der Waals surface area contributed by atoms with Gasteiger partial charge in [0, 0.05) is 29.2 Å². The first-order chi connectivity index (χ1) is 13.6. The van der Waals surface area contributed by atoms with Gasteiger partial charge in [-0.25, -0.2) is 4.98 Å². The van der Waals surface area contributed by atoms with E-state index in [2.05, 4.69) is 59.7 Å². The van der Waals surface area contributed by atoms with Gasteiger partial charge in [0.2, 0.25) is 5.69 Å². The molecule has 4 bridgehead atoms. The Hall–Kier alpha value is -1.90. The first-order valence-corrected chi connectivity index (χ1v) is 11.4. The minimum atomic E-state index is 0.312. The molecule has 29 heavy (non-hydrogen) atoms. The zero-order valence-electron chi connectivity index (χ0n) is 18.5. The Balaban J connectivity index is 1.46. The highest BCUT2D eigenvalue weighted by atomic mass is 16.5. The van der Waals surface area contributed by atoms with Gasteiger partial charge >= 0.3 is 0 Å². The van der Waals surface area contributed by atoms with Gasteiger partial charge < -0.3 is 5.21 Å². The highest BCUT2D eigenvalue weighted by Gasteiger charge is 2.59. The fourth-order valence-corrected chi connectivity index (χ4v) is 7.84. The Morgan fingerprint density at radius 3 is 2.10 bits per heavy atom. The first-order valence-electron chi connectivity index (χ1n) is 11.4. The molecule has 2 aromatic rings. The summed E-state index contributed by atoms with van der Waals surface area (Å²) in [6, 6.07) is 8.61. The molecular formula is C26H32N2O. The summed E-state index contributed by atoms with van der Waals surface area (Å²) in [5.41, 5.74) is 7.19. The molecule has 6 atom stereocenters. The lowest BCUT2D eigenvalue weighted by Gasteiger charge is -2.59. The summed E-state index contributed by atoms with van der Waals surface area (Å²) in [5, 5.41) is 13.5. The average Bonchev–Trinajstić information content (AvgIpc) is 2.66. The predicted octanol–water partition coefficient (Wildman–Crippen LogP) is 5.88. The number of hydrogen-bond donors (Lipinski definition) is 0. The lowest BCUT2D eigenvalue weighted by Crippen LogP contribution is -2.54. The van der Waals surface area contributed by atoms with E-state index in [9.17, 15) is 5.21 Å². The third-order valence-corrected chi connectivity index (χ3v) is 9.88. The average molecular weight is 389 g/mol. The van der Waals surface area contributed by atoms with Gasteiger partial charge in [-0.05, 0) is 65.0 Å². The van der Waals surface area contributed by atoms with Gasteiger partial charge in [0.25, 0.3) is 0 Å². The fraction of sp³-hybridized carbons (Fsp3) is 0.615. The van der Waals surface area contributed by atoms with E-state index in [0.29, 0.717) is 46.3 Å². The maximum atomic E-state index is 13.5. The van der Waals surface area contributed by atoms with E-state index in [1.165, 1.54) is 34.4 Å². The van der Waals surface area contributed by atoms with E-state index >= 15 is 0 Å². The number of pyridine rings is 2. The van der Waals surface area contributed by atoms with Crippen LogP contribution in [0.25, 0.3) is 11.4 Å². The van der Waals surface area contributed by atoms with Gasteiger partial charge in [-0.15, -0.1) is 0 Å². The predicted molar refractivity (Wildman–Crippen MR) is 115 cm³/mol. The van der Waals surface area contributed by atoms with Crippen LogP contribution in [0.15, 0.2) is 24.3 Å². The van der Waals surface area contributed by atoms with Crippen molar-refractivity contribution in [3.05, 3.63) is 52.0 Å². The van der Waals surface area contributed by atoms with Crippen LogP contribution in [0.2, 0.25) is 0 Å². The van der Waals surface area contributed by atoms with Crippen LogP contribution in [-0.2, 0) is 0 Å². The van der Waals surface area contributed by atoms with Crippen molar-refractivity contribution in [1.82, 2.24) is 4.98 Å². The lowest BCUT2D eigenvalue weighted by atomic mass is 9.45. The molecule has 0 aliphatic heterocycles. The Labute approximate surface area is 174 Å². The van der Waals surface area contributed by atoms with Crippen LogP contribution in [0.3, 0.4) is 0 Å². The first kappa shape index (κ1) is 17.9. The Morgan fingerprint density at radius 2 is 1.45 bits per heavy atom. The molecule has 2 heterocycles. The summed E-state index contributed by atoms with van der Waals surface area (Å²) < 4.78 is 1.22. The fourth-order valence-electron chi connectivity index (χ4n) is 7.84. The zero-order valence-corrected chi connectivity index (χ0v) is 18.5. The van der Waals surface area contributed by atoms with Gasteiger partial charge in [0.15, 0.2) is 5.69 Å².